The smallest absolute Gasteiger partial charge is 0.133 e. The Labute approximate surface area is 122 Å². The molecule has 0 radical (unpaired) electrons. The van der Waals surface area contributed by atoms with Crippen molar-refractivity contribution in [2.75, 3.05) is 25.6 Å². The van der Waals surface area contributed by atoms with Crippen LogP contribution in [0.5, 0.6) is 0 Å². The number of fused-ring (bicyclic) bond motifs is 1. The lowest BCUT2D eigenvalue weighted by Crippen LogP contribution is -2.26. The Morgan fingerprint density at radius 2 is 1.95 bits per heavy atom. The Kier molecular flexibility index (Phi) is 4.97. The number of aromatic nitrogens is 2. The Bertz CT molecular complexity index is 457. The molecular formula is C16H27N3O. The number of methoxy groups -OCH3 is 1. The van der Waals surface area contributed by atoms with E-state index < -0.39 is 0 Å². The largest absolute Gasteiger partial charge is 0.385 e. The summed E-state index contributed by atoms with van der Waals surface area (Å²) >= 11 is 0. The van der Waals surface area contributed by atoms with Crippen LogP contribution < -0.4 is 5.32 Å². The van der Waals surface area contributed by atoms with Crippen LogP contribution in [0.1, 0.15) is 50.2 Å². The highest BCUT2D eigenvalue weighted by Crippen LogP contribution is 2.27. The van der Waals surface area contributed by atoms with E-state index in [1.807, 2.05) is 6.92 Å². The maximum absolute atomic E-state index is 5.19. The molecule has 1 aliphatic carbocycles. The molecule has 1 aromatic rings. The summed E-state index contributed by atoms with van der Waals surface area (Å²) in [6.45, 7) is 8.23. The summed E-state index contributed by atoms with van der Waals surface area (Å²) in [5, 5.41) is 3.56. The number of ether oxygens (including phenoxy) is 1. The molecule has 0 aliphatic heterocycles. The van der Waals surface area contributed by atoms with Gasteiger partial charge in [-0.15, -0.1) is 0 Å². The fourth-order valence-corrected chi connectivity index (χ4v) is 2.65. The maximum atomic E-state index is 5.19. The molecule has 0 aromatic carbocycles. The van der Waals surface area contributed by atoms with E-state index in [1.165, 1.54) is 24.1 Å². The Balaban J connectivity index is 2.07. The van der Waals surface area contributed by atoms with Gasteiger partial charge in [0, 0.05) is 31.5 Å². The predicted molar refractivity (Wildman–Crippen MR) is 82.2 cm³/mol. The molecule has 4 heteroatoms. The van der Waals surface area contributed by atoms with E-state index in [4.69, 9.17) is 4.74 Å². The zero-order valence-corrected chi connectivity index (χ0v) is 13.3. The van der Waals surface area contributed by atoms with Gasteiger partial charge in [0.15, 0.2) is 0 Å². The van der Waals surface area contributed by atoms with Crippen LogP contribution in [0.25, 0.3) is 0 Å². The summed E-state index contributed by atoms with van der Waals surface area (Å²) < 4.78 is 5.19. The molecule has 1 aromatic heterocycles. The van der Waals surface area contributed by atoms with E-state index >= 15 is 0 Å². The van der Waals surface area contributed by atoms with Crippen molar-refractivity contribution in [1.29, 1.82) is 0 Å². The Hall–Kier alpha value is -1.16. The van der Waals surface area contributed by atoms with Crippen molar-refractivity contribution in [3.8, 4) is 0 Å². The molecule has 0 amide bonds. The molecule has 112 valence electrons. The van der Waals surface area contributed by atoms with Gasteiger partial charge in [0.25, 0.3) is 0 Å². The first-order valence-electron chi connectivity index (χ1n) is 7.61. The first-order chi connectivity index (χ1) is 9.52. The number of anilines is 1. The van der Waals surface area contributed by atoms with Gasteiger partial charge in [-0.1, -0.05) is 13.8 Å². The van der Waals surface area contributed by atoms with Gasteiger partial charge >= 0.3 is 0 Å². The van der Waals surface area contributed by atoms with Crippen LogP contribution in [-0.4, -0.2) is 30.2 Å². The zero-order valence-electron chi connectivity index (χ0n) is 13.3. The van der Waals surface area contributed by atoms with Crippen molar-refractivity contribution in [3.05, 3.63) is 17.1 Å². The van der Waals surface area contributed by atoms with Crippen molar-refractivity contribution in [3.63, 3.8) is 0 Å². The monoisotopic (exact) mass is 277 g/mol. The second-order valence-electron chi connectivity index (χ2n) is 6.51. The number of nitrogens with one attached hydrogen (secondary N) is 1. The van der Waals surface area contributed by atoms with Gasteiger partial charge in [-0.3, -0.25) is 0 Å². The minimum absolute atomic E-state index is 0.205. The quantitative estimate of drug-likeness (QED) is 0.867. The van der Waals surface area contributed by atoms with Crippen LogP contribution in [0, 0.1) is 12.3 Å². The van der Waals surface area contributed by atoms with Gasteiger partial charge in [0.2, 0.25) is 0 Å². The third kappa shape index (κ3) is 3.92. The maximum Gasteiger partial charge on any atom is 0.133 e. The summed E-state index contributed by atoms with van der Waals surface area (Å²) in [4.78, 5) is 9.21. The molecule has 0 fully saturated rings. The first kappa shape index (κ1) is 15.2. The molecule has 0 atom stereocenters. The molecule has 0 unspecified atom stereocenters. The number of aryl methyl sites for hydroxylation is 2. The highest BCUT2D eigenvalue weighted by atomic mass is 16.5. The molecule has 0 bridgehead atoms. The highest BCUT2D eigenvalue weighted by molar-refractivity contribution is 5.48. The van der Waals surface area contributed by atoms with Gasteiger partial charge < -0.3 is 10.1 Å². The lowest BCUT2D eigenvalue weighted by molar-refractivity contribution is 0.157. The topological polar surface area (TPSA) is 47.0 Å². The van der Waals surface area contributed by atoms with Crippen LogP contribution in [0.3, 0.4) is 0 Å². The average molecular weight is 277 g/mol. The van der Waals surface area contributed by atoms with E-state index in [2.05, 4.69) is 29.1 Å². The van der Waals surface area contributed by atoms with Crippen molar-refractivity contribution in [2.24, 2.45) is 5.41 Å². The zero-order chi connectivity index (χ0) is 14.6. The molecule has 1 heterocycles. The fourth-order valence-electron chi connectivity index (χ4n) is 2.65. The van der Waals surface area contributed by atoms with Gasteiger partial charge in [0.05, 0.1) is 0 Å². The van der Waals surface area contributed by atoms with Crippen molar-refractivity contribution in [1.82, 2.24) is 9.97 Å². The number of hydrogen-bond acceptors (Lipinski definition) is 4. The summed E-state index contributed by atoms with van der Waals surface area (Å²) in [5.41, 5.74) is 2.79. The summed E-state index contributed by atoms with van der Waals surface area (Å²) in [5.74, 6) is 1.93. The van der Waals surface area contributed by atoms with Crippen LogP contribution in [0.4, 0.5) is 5.82 Å². The van der Waals surface area contributed by atoms with Crippen molar-refractivity contribution < 1.29 is 4.74 Å². The third-order valence-corrected chi connectivity index (χ3v) is 4.01. The summed E-state index contributed by atoms with van der Waals surface area (Å²) in [6, 6.07) is 0. The molecule has 0 saturated heterocycles. The van der Waals surface area contributed by atoms with Gasteiger partial charge in [0.1, 0.15) is 11.6 Å². The van der Waals surface area contributed by atoms with Crippen molar-refractivity contribution >= 4 is 5.82 Å². The highest BCUT2D eigenvalue weighted by Gasteiger charge is 2.21. The molecule has 1 aliphatic rings. The van der Waals surface area contributed by atoms with E-state index in [0.717, 1.165) is 44.1 Å². The van der Waals surface area contributed by atoms with Gasteiger partial charge in [-0.05, 0) is 44.4 Å². The molecule has 20 heavy (non-hydrogen) atoms. The molecule has 1 N–H and O–H groups in total. The first-order valence-corrected chi connectivity index (χ1v) is 7.61. The van der Waals surface area contributed by atoms with Crippen LogP contribution in [0.2, 0.25) is 0 Å². The average Bonchev–Trinajstić information content (AvgIpc) is 2.42. The molecule has 0 saturated carbocycles. The predicted octanol–water partition coefficient (Wildman–Crippen LogP) is 3.14. The van der Waals surface area contributed by atoms with Crippen LogP contribution >= 0.6 is 0 Å². The van der Waals surface area contributed by atoms with Gasteiger partial charge in [-0.25, -0.2) is 9.97 Å². The van der Waals surface area contributed by atoms with Gasteiger partial charge in [-0.2, -0.15) is 0 Å². The minimum Gasteiger partial charge on any atom is -0.385 e. The lowest BCUT2D eigenvalue weighted by Gasteiger charge is -2.26. The van der Waals surface area contributed by atoms with Crippen LogP contribution in [-0.2, 0) is 17.6 Å². The number of nitrogens with zero attached hydrogens (tertiary/aromatic N) is 2. The standard InChI is InChI=1S/C16H27N3O/c1-12-18-14-8-6-5-7-13(14)15(19-12)17-11-16(2,3)9-10-20-4/h5-11H2,1-4H3,(H,17,18,19). The number of rotatable bonds is 6. The molecule has 4 nitrogen and oxygen atoms in total. The number of hydrogen-bond donors (Lipinski definition) is 1. The third-order valence-electron chi connectivity index (χ3n) is 4.01. The van der Waals surface area contributed by atoms with Crippen LogP contribution in [0.15, 0.2) is 0 Å². The fraction of sp³-hybridized carbons (Fsp3) is 0.750. The lowest BCUT2D eigenvalue weighted by atomic mass is 9.89. The summed E-state index contributed by atoms with van der Waals surface area (Å²) in [7, 11) is 1.76. The van der Waals surface area contributed by atoms with E-state index in [-0.39, 0.29) is 5.41 Å². The minimum atomic E-state index is 0.205. The molecule has 0 spiro atoms. The van der Waals surface area contributed by atoms with E-state index in [1.54, 1.807) is 7.11 Å². The second-order valence-corrected chi connectivity index (χ2v) is 6.51. The van der Waals surface area contributed by atoms with E-state index in [0.29, 0.717) is 0 Å². The summed E-state index contributed by atoms with van der Waals surface area (Å²) in [6.07, 6.45) is 5.75. The Morgan fingerprint density at radius 1 is 1.20 bits per heavy atom. The van der Waals surface area contributed by atoms with E-state index in [9.17, 15) is 0 Å². The SMILES string of the molecule is COCCC(C)(C)CNc1nc(C)nc2c1CCCC2. The Morgan fingerprint density at radius 3 is 2.70 bits per heavy atom. The van der Waals surface area contributed by atoms with Crippen molar-refractivity contribution in [2.45, 2.75) is 52.9 Å². The molecular weight excluding hydrogens is 250 g/mol. The normalized spacial score (nSPS) is 15.0. The molecule has 2 rings (SSSR count). The second kappa shape index (κ2) is 6.53.